The highest BCUT2D eigenvalue weighted by atomic mass is 127. The molecule has 0 unspecified atom stereocenters. The minimum Gasteiger partial charge on any atom is -0.356 e. The van der Waals surface area contributed by atoms with Gasteiger partial charge in [0.05, 0.1) is 0 Å². The van der Waals surface area contributed by atoms with Crippen LogP contribution in [-0.4, -0.2) is 60.4 Å². The molecule has 0 aromatic carbocycles. The molecule has 2 N–H and O–H groups in total. The van der Waals surface area contributed by atoms with Gasteiger partial charge in [-0.2, -0.15) is 5.10 Å². The van der Waals surface area contributed by atoms with Crippen molar-refractivity contribution in [3.05, 3.63) is 18.5 Å². The summed E-state index contributed by atoms with van der Waals surface area (Å²) in [4.78, 5) is 6.81. The van der Waals surface area contributed by atoms with Gasteiger partial charge in [-0.1, -0.05) is 13.8 Å². The van der Waals surface area contributed by atoms with Crippen molar-refractivity contribution < 1.29 is 0 Å². The highest BCUT2D eigenvalue weighted by Crippen LogP contribution is 1.95. The Labute approximate surface area is 164 Å². The minimum absolute atomic E-state index is 0. The van der Waals surface area contributed by atoms with Crippen molar-refractivity contribution in [1.82, 2.24) is 25.3 Å². The number of aromatic nitrogens is 2. The zero-order chi connectivity index (χ0) is 16.8. The highest BCUT2D eigenvalue weighted by Gasteiger charge is 2.02. The molecule has 0 spiro atoms. The monoisotopic (exact) mass is 450 g/mol. The summed E-state index contributed by atoms with van der Waals surface area (Å²) in [5.74, 6) is 0.892. The molecule has 0 aliphatic heterocycles. The number of guanidine groups is 1. The Morgan fingerprint density at radius 1 is 1.08 bits per heavy atom. The molecule has 7 heteroatoms. The number of hydrogen-bond acceptors (Lipinski definition) is 3. The van der Waals surface area contributed by atoms with Crippen LogP contribution in [0.15, 0.2) is 23.5 Å². The van der Waals surface area contributed by atoms with E-state index in [1.54, 1.807) is 0 Å². The summed E-state index contributed by atoms with van der Waals surface area (Å²) in [6.07, 6.45) is 8.44. The lowest BCUT2D eigenvalue weighted by molar-refractivity contribution is 0.271. The first-order valence-electron chi connectivity index (χ1n) is 8.94. The van der Waals surface area contributed by atoms with Crippen LogP contribution in [-0.2, 0) is 6.54 Å². The van der Waals surface area contributed by atoms with Crippen molar-refractivity contribution in [1.29, 1.82) is 0 Å². The lowest BCUT2D eigenvalue weighted by Crippen LogP contribution is -2.39. The first kappa shape index (κ1) is 23.2. The van der Waals surface area contributed by atoms with Crippen LogP contribution in [0, 0.1) is 0 Å². The lowest BCUT2D eigenvalue weighted by Gasteiger charge is -2.21. The number of aliphatic imine (C=N–C) groups is 1. The molecule has 140 valence electrons. The Bertz CT molecular complexity index is 401. The van der Waals surface area contributed by atoms with Crippen LogP contribution in [0.2, 0.25) is 0 Å². The molecule has 0 aliphatic rings. The van der Waals surface area contributed by atoms with Gasteiger partial charge in [0.2, 0.25) is 0 Å². The number of aryl methyl sites for hydroxylation is 1. The van der Waals surface area contributed by atoms with E-state index in [-0.39, 0.29) is 24.0 Å². The van der Waals surface area contributed by atoms with Crippen molar-refractivity contribution >= 4 is 29.9 Å². The Morgan fingerprint density at radius 2 is 1.75 bits per heavy atom. The third-order valence-corrected chi connectivity index (χ3v) is 3.66. The second-order valence-electron chi connectivity index (χ2n) is 5.74. The van der Waals surface area contributed by atoms with Crippen LogP contribution in [0.3, 0.4) is 0 Å². The fourth-order valence-electron chi connectivity index (χ4n) is 2.58. The third-order valence-electron chi connectivity index (χ3n) is 3.66. The molecule has 0 saturated carbocycles. The zero-order valence-electron chi connectivity index (χ0n) is 15.5. The Kier molecular flexibility index (Phi) is 15.1. The molecule has 1 heterocycles. The summed E-state index contributed by atoms with van der Waals surface area (Å²) >= 11 is 0. The minimum atomic E-state index is 0. The summed E-state index contributed by atoms with van der Waals surface area (Å²) in [6, 6.07) is 1.95. The molecular formula is C17H35IN6. The Balaban J connectivity index is 0.00000529. The standard InChI is InChI=1S/C17H34N6.HI/c1-4-12-22(13-5-2)14-6-9-19-17(18-3)20-10-7-15-23-16-8-11-21-23;/h8,11,16H,4-7,9-10,12-15H2,1-3H3,(H2,18,19,20);1H. The van der Waals surface area contributed by atoms with E-state index in [1.165, 1.54) is 25.9 Å². The number of halogens is 1. The fourth-order valence-corrected chi connectivity index (χ4v) is 2.58. The average Bonchev–Trinajstić information content (AvgIpc) is 3.07. The second-order valence-corrected chi connectivity index (χ2v) is 5.74. The van der Waals surface area contributed by atoms with Gasteiger partial charge in [-0.25, -0.2) is 0 Å². The summed E-state index contributed by atoms with van der Waals surface area (Å²) in [5, 5.41) is 10.9. The van der Waals surface area contributed by atoms with Crippen LogP contribution in [0.25, 0.3) is 0 Å². The number of hydrogen-bond donors (Lipinski definition) is 2. The molecule has 1 aromatic rings. The van der Waals surface area contributed by atoms with Crippen molar-refractivity contribution in [3.63, 3.8) is 0 Å². The van der Waals surface area contributed by atoms with Gasteiger partial charge >= 0.3 is 0 Å². The van der Waals surface area contributed by atoms with E-state index in [1.807, 2.05) is 30.2 Å². The number of rotatable bonds is 12. The molecule has 1 rings (SSSR count). The quantitative estimate of drug-likeness (QED) is 0.223. The van der Waals surface area contributed by atoms with Crippen LogP contribution in [0.1, 0.15) is 39.5 Å². The predicted octanol–water partition coefficient (Wildman–Crippen LogP) is 2.57. The van der Waals surface area contributed by atoms with Crippen molar-refractivity contribution in [3.8, 4) is 0 Å². The molecule has 1 aromatic heterocycles. The van der Waals surface area contributed by atoms with Gasteiger partial charge in [-0.3, -0.25) is 9.67 Å². The maximum Gasteiger partial charge on any atom is 0.190 e. The molecule has 0 aliphatic carbocycles. The van der Waals surface area contributed by atoms with Crippen LogP contribution < -0.4 is 10.6 Å². The van der Waals surface area contributed by atoms with E-state index in [0.29, 0.717) is 0 Å². The Morgan fingerprint density at radius 3 is 2.29 bits per heavy atom. The molecule has 0 fully saturated rings. The summed E-state index contributed by atoms with van der Waals surface area (Å²) in [7, 11) is 1.82. The van der Waals surface area contributed by atoms with Gasteiger partial charge in [-0.15, -0.1) is 24.0 Å². The lowest BCUT2D eigenvalue weighted by atomic mass is 10.3. The average molecular weight is 450 g/mol. The van der Waals surface area contributed by atoms with Crippen LogP contribution in [0.5, 0.6) is 0 Å². The maximum atomic E-state index is 4.27. The van der Waals surface area contributed by atoms with Gasteiger partial charge in [0, 0.05) is 39.1 Å². The largest absolute Gasteiger partial charge is 0.356 e. The predicted molar refractivity (Wildman–Crippen MR) is 113 cm³/mol. The van der Waals surface area contributed by atoms with Crippen molar-refractivity contribution in [2.75, 3.05) is 39.8 Å². The molecule has 0 radical (unpaired) electrons. The second kappa shape index (κ2) is 15.7. The van der Waals surface area contributed by atoms with Gasteiger partial charge < -0.3 is 15.5 Å². The normalized spacial score (nSPS) is 11.4. The molecule has 0 amide bonds. The van der Waals surface area contributed by atoms with E-state index in [9.17, 15) is 0 Å². The van der Waals surface area contributed by atoms with Crippen molar-refractivity contribution in [2.45, 2.75) is 46.1 Å². The van der Waals surface area contributed by atoms with E-state index in [4.69, 9.17) is 0 Å². The molecule has 24 heavy (non-hydrogen) atoms. The SMILES string of the molecule is CCCN(CCC)CCCNC(=NC)NCCCn1cccn1.I. The molecule has 0 saturated heterocycles. The first-order valence-corrected chi connectivity index (χ1v) is 8.94. The van der Waals surface area contributed by atoms with Crippen LogP contribution in [0.4, 0.5) is 0 Å². The molecular weight excluding hydrogens is 415 g/mol. The maximum absolute atomic E-state index is 4.27. The molecule has 0 bridgehead atoms. The molecule has 6 nitrogen and oxygen atoms in total. The van der Waals surface area contributed by atoms with Gasteiger partial charge in [0.1, 0.15) is 0 Å². The summed E-state index contributed by atoms with van der Waals surface area (Å²) in [5.41, 5.74) is 0. The van der Waals surface area contributed by atoms with Crippen molar-refractivity contribution in [2.24, 2.45) is 4.99 Å². The van der Waals surface area contributed by atoms with E-state index in [2.05, 4.69) is 39.5 Å². The topological polar surface area (TPSA) is 57.5 Å². The van der Waals surface area contributed by atoms with Gasteiger partial charge in [0.15, 0.2) is 5.96 Å². The Hall–Kier alpha value is -0.830. The van der Waals surface area contributed by atoms with Gasteiger partial charge in [-0.05, 0) is 51.4 Å². The highest BCUT2D eigenvalue weighted by molar-refractivity contribution is 14.0. The summed E-state index contributed by atoms with van der Waals surface area (Å²) in [6.45, 7) is 10.8. The third kappa shape index (κ3) is 10.9. The van der Waals surface area contributed by atoms with E-state index < -0.39 is 0 Å². The number of nitrogens with one attached hydrogen (secondary N) is 2. The molecule has 0 atom stereocenters. The number of nitrogens with zero attached hydrogens (tertiary/aromatic N) is 4. The van der Waals surface area contributed by atoms with Crippen LogP contribution >= 0.6 is 24.0 Å². The zero-order valence-corrected chi connectivity index (χ0v) is 17.8. The van der Waals surface area contributed by atoms with E-state index in [0.717, 1.165) is 45.0 Å². The fraction of sp³-hybridized carbons (Fsp3) is 0.765. The van der Waals surface area contributed by atoms with E-state index >= 15 is 0 Å². The summed E-state index contributed by atoms with van der Waals surface area (Å²) < 4.78 is 1.95. The first-order chi connectivity index (χ1) is 11.3. The van der Waals surface area contributed by atoms with Gasteiger partial charge in [0.25, 0.3) is 0 Å². The smallest absolute Gasteiger partial charge is 0.190 e.